The molecule has 0 aromatic carbocycles. The van der Waals surface area contributed by atoms with Crippen LogP contribution in [0.3, 0.4) is 0 Å². The van der Waals surface area contributed by atoms with E-state index in [1.807, 2.05) is 18.5 Å². The number of aromatic nitrogens is 3. The molecule has 74 valence electrons. The van der Waals surface area contributed by atoms with E-state index in [-0.39, 0.29) is 6.61 Å². The fourth-order valence-corrected chi connectivity index (χ4v) is 1.32. The van der Waals surface area contributed by atoms with Gasteiger partial charge in [-0.2, -0.15) is 5.10 Å². The first-order valence-electron chi connectivity index (χ1n) is 4.73. The maximum Gasteiger partial charge on any atom is 0.147 e. The summed E-state index contributed by atoms with van der Waals surface area (Å²) in [6.45, 7) is 5.06. The maximum absolute atomic E-state index is 8.59. The van der Waals surface area contributed by atoms with Gasteiger partial charge in [-0.15, -0.1) is 0 Å². The van der Waals surface area contributed by atoms with Gasteiger partial charge in [0.05, 0.1) is 0 Å². The molecule has 0 atom stereocenters. The van der Waals surface area contributed by atoms with Crippen LogP contribution in [0.2, 0.25) is 0 Å². The molecule has 4 heteroatoms. The van der Waals surface area contributed by atoms with Crippen LogP contribution in [0.1, 0.15) is 30.9 Å². The van der Waals surface area contributed by atoms with E-state index in [2.05, 4.69) is 10.1 Å². The van der Waals surface area contributed by atoms with Gasteiger partial charge in [0, 0.05) is 13.2 Å². The van der Waals surface area contributed by atoms with E-state index in [4.69, 9.17) is 5.11 Å². The number of aryl methyl sites for hydroxylation is 3. The summed E-state index contributed by atoms with van der Waals surface area (Å²) in [4.78, 5) is 4.21. The number of hydrogen-bond donors (Lipinski definition) is 1. The highest BCUT2D eigenvalue weighted by Crippen LogP contribution is 2.01. The van der Waals surface area contributed by atoms with Crippen LogP contribution < -0.4 is 0 Å². The van der Waals surface area contributed by atoms with Crippen molar-refractivity contribution in [3.63, 3.8) is 0 Å². The molecule has 4 nitrogen and oxygen atoms in total. The van der Waals surface area contributed by atoms with E-state index >= 15 is 0 Å². The Bertz CT molecular complexity index is 257. The molecule has 0 aliphatic heterocycles. The first-order valence-corrected chi connectivity index (χ1v) is 4.73. The molecular weight excluding hydrogens is 166 g/mol. The predicted octanol–water partition coefficient (Wildman–Crippen LogP) is 1.06. The van der Waals surface area contributed by atoms with Crippen LogP contribution in [0.25, 0.3) is 0 Å². The molecule has 0 aliphatic rings. The minimum atomic E-state index is 0.287. The summed E-state index contributed by atoms with van der Waals surface area (Å²) in [6, 6.07) is 0. The molecule has 1 N–H and O–H groups in total. The van der Waals surface area contributed by atoms with Crippen molar-refractivity contribution in [1.29, 1.82) is 0 Å². The lowest BCUT2D eigenvalue weighted by atomic mass is 10.2. The van der Waals surface area contributed by atoms with Gasteiger partial charge in [-0.3, -0.25) is 4.68 Å². The molecule has 1 aromatic heterocycles. The zero-order valence-electron chi connectivity index (χ0n) is 8.32. The summed E-state index contributed by atoms with van der Waals surface area (Å²) in [5.41, 5.74) is 0. The number of hydrogen-bond acceptors (Lipinski definition) is 3. The number of aliphatic hydroxyl groups excluding tert-OH is 1. The molecule has 1 heterocycles. The average Bonchev–Trinajstić information content (AvgIpc) is 2.39. The van der Waals surface area contributed by atoms with Crippen LogP contribution >= 0.6 is 0 Å². The molecule has 0 spiro atoms. The second-order valence-electron chi connectivity index (χ2n) is 3.21. The van der Waals surface area contributed by atoms with Crippen LogP contribution in [0.4, 0.5) is 0 Å². The molecule has 13 heavy (non-hydrogen) atoms. The highest BCUT2D eigenvalue weighted by atomic mass is 16.2. The summed E-state index contributed by atoms with van der Waals surface area (Å²) in [7, 11) is 0. The lowest BCUT2D eigenvalue weighted by molar-refractivity contribution is 0.281. The molecule has 0 fully saturated rings. The number of nitrogens with zero attached hydrogens (tertiary/aromatic N) is 3. The summed E-state index contributed by atoms with van der Waals surface area (Å²) in [5.74, 6) is 1.81. The van der Waals surface area contributed by atoms with Gasteiger partial charge < -0.3 is 5.11 Å². The molecular formula is C9H17N3O. The van der Waals surface area contributed by atoms with E-state index in [1.165, 1.54) is 0 Å². The highest BCUT2D eigenvalue weighted by molar-refractivity contribution is 4.87. The molecule has 1 rings (SSSR count). The van der Waals surface area contributed by atoms with Crippen LogP contribution in [0.5, 0.6) is 0 Å². The second kappa shape index (κ2) is 4.97. The molecule has 0 saturated heterocycles. The molecule has 0 bridgehead atoms. The van der Waals surface area contributed by atoms with Crippen molar-refractivity contribution in [3.05, 3.63) is 11.6 Å². The van der Waals surface area contributed by atoms with Crippen LogP contribution in [-0.2, 0) is 6.54 Å². The third kappa shape index (κ3) is 3.14. The largest absolute Gasteiger partial charge is 0.396 e. The van der Waals surface area contributed by atoms with E-state index < -0.39 is 0 Å². The third-order valence-corrected chi connectivity index (χ3v) is 1.99. The summed E-state index contributed by atoms with van der Waals surface area (Å²) in [6.07, 6.45) is 2.99. The van der Waals surface area contributed by atoms with Crippen molar-refractivity contribution < 1.29 is 5.11 Å². The second-order valence-corrected chi connectivity index (χ2v) is 3.21. The number of aliphatic hydroxyl groups is 1. The lowest BCUT2D eigenvalue weighted by Crippen LogP contribution is -2.03. The minimum absolute atomic E-state index is 0.287. The lowest BCUT2D eigenvalue weighted by Gasteiger charge is -2.01. The molecule has 0 aliphatic carbocycles. The van der Waals surface area contributed by atoms with Gasteiger partial charge in [0.25, 0.3) is 0 Å². The third-order valence-electron chi connectivity index (χ3n) is 1.99. The summed E-state index contributed by atoms with van der Waals surface area (Å²) >= 11 is 0. The van der Waals surface area contributed by atoms with Gasteiger partial charge in [0.15, 0.2) is 0 Å². The minimum Gasteiger partial charge on any atom is -0.396 e. The molecule has 0 saturated carbocycles. The van der Waals surface area contributed by atoms with Gasteiger partial charge in [0.1, 0.15) is 11.6 Å². The Hall–Kier alpha value is -0.900. The van der Waals surface area contributed by atoms with Crippen LogP contribution in [-0.4, -0.2) is 26.5 Å². The van der Waals surface area contributed by atoms with Gasteiger partial charge in [-0.05, 0) is 33.1 Å². The quantitative estimate of drug-likeness (QED) is 0.694. The van der Waals surface area contributed by atoms with E-state index in [0.29, 0.717) is 0 Å². The van der Waals surface area contributed by atoms with Crippen molar-refractivity contribution in [2.75, 3.05) is 6.61 Å². The normalized spacial score (nSPS) is 10.7. The first-order chi connectivity index (χ1) is 6.24. The van der Waals surface area contributed by atoms with E-state index in [1.54, 1.807) is 0 Å². The summed E-state index contributed by atoms with van der Waals surface area (Å²) in [5, 5.41) is 12.8. The van der Waals surface area contributed by atoms with Gasteiger partial charge in [-0.1, -0.05) is 0 Å². The SMILES string of the molecule is Cc1nc(C)n(CCCCCO)n1. The Morgan fingerprint density at radius 3 is 2.54 bits per heavy atom. The Kier molecular flexibility index (Phi) is 3.89. The topological polar surface area (TPSA) is 50.9 Å². The fourth-order valence-electron chi connectivity index (χ4n) is 1.32. The molecule has 0 unspecified atom stereocenters. The van der Waals surface area contributed by atoms with Crippen LogP contribution in [0.15, 0.2) is 0 Å². The Labute approximate surface area is 78.6 Å². The zero-order chi connectivity index (χ0) is 9.68. The molecule has 1 aromatic rings. The summed E-state index contributed by atoms with van der Waals surface area (Å²) < 4.78 is 1.92. The van der Waals surface area contributed by atoms with Crippen molar-refractivity contribution in [1.82, 2.24) is 14.8 Å². The molecule has 0 amide bonds. The van der Waals surface area contributed by atoms with E-state index in [0.717, 1.165) is 37.5 Å². The average molecular weight is 183 g/mol. The van der Waals surface area contributed by atoms with Crippen molar-refractivity contribution in [3.8, 4) is 0 Å². The number of rotatable bonds is 5. The Morgan fingerprint density at radius 2 is 2.00 bits per heavy atom. The van der Waals surface area contributed by atoms with Crippen molar-refractivity contribution in [2.24, 2.45) is 0 Å². The van der Waals surface area contributed by atoms with E-state index in [9.17, 15) is 0 Å². The Morgan fingerprint density at radius 1 is 1.23 bits per heavy atom. The fraction of sp³-hybridized carbons (Fsp3) is 0.778. The molecule has 0 radical (unpaired) electrons. The van der Waals surface area contributed by atoms with Gasteiger partial charge in [-0.25, -0.2) is 4.98 Å². The van der Waals surface area contributed by atoms with Crippen molar-refractivity contribution >= 4 is 0 Å². The monoisotopic (exact) mass is 183 g/mol. The van der Waals surface area contributed by atoms with Crippen molar-refractivity contribution in [2.45, 2.75) is 39.7 Å². The van der Waals surface area contributed by atoms with Gasteiger partial charge >= 0.3 is 0 Å². The smallest absolute Gasteiger partial charge is 0.147 e. The van der Waals surface area contributed by atoms with Gasteiger partial charge in [0.2, 0.25) is 0 Å². The Balaban J connectivity index is 2.32. The number of unbranched alkanes of at least 4 members (excludes halogenated alkanes) is 2. The van der Waals surface area contributed by atoms with Crippen LogP contribution in [0, 0.1) is 13.8 Å². The maximum atomic E-state index is 8.59. The zero-order valence-corrected chi connectivity index (χ0v) is 8.32. The predicted molar refractivity (Wildman–Crippen MR) is 50.4 cm³/mol. The highest BCUT2D eigenvalue weighted by Gasteiger charge is 2.00. The first kappa shape index (κ1) is 10.2. The standard InChI is InChI=1S/C9H17N3O/c1-8-10-9(2)12(11-8)6-4-3-5-7-13/h13H,3-7H2,1-2H3.